The van der Waals surface area contributed by atoms with Crippen LogP contribution in [0.3, 0.4) is 0 Å². The highest BCUT2D eigenvalue weighted by atomic mass is 35.5. The summed E-state index contributed by atoms with van der Waals surface area (Å²) in [6.07, 6.45) is 0.879. The lowest BCUT2D eigenvalue weighted by Gasteiger charge is -2.27. The van der Waals surface area contributed by atoms with Crippen LogP contribution in [0.5, 0.6) is 0 Å². The van der Waals surface area contributed by atoms with Crippen molar-refractivity contribution in [3.8, 4) is 0 Å². The normalized spacial score (nSPS) is 18.2. The van der Waals surface area contributed by atoms with Crippen LogP contribution in [-0.2, 0) is 10.2 Å². The van der Waals surface area contributed by atoms with Crippen LogP contribution in [0.2, 0.25) is 5.02 Å². The number of halogens is 3. The van der Waals surface area contributed by atoms with Crippen LogP contribution >= 0.6 is 24.0 Å². The quantitative estimate of drug-likeness (QED) is 0.888. The lowest BCUT2D eigenvalue weighted by molar-refractivity contribution is -0.124. The molecule has 1 atom stereocenters. The molecule has 1 aliphatic heterocycles. The summed E-state index contributed by atoms with van der Waals surface area (Å²) < 4.78 is 13.1. The molecule has 1 amide bonds. The summed E-state index contributed by atoms with van der Waals surface area (Å²) in [4.78, 5) is 12.0. The van der Waals surface area contributed by atoms with Crippen LogP contribution in [0, 0.1) is 11.7 Å². The molecule has 2 rings (SSSR count). The summed E-state index contributed by atoms with van der Waals surface area (Å²) in [5.74, 6) is -0.230. The number of hydrogen-bond donors (Lipinski definition) is 2. The van der Waals surface area contributed by atoms with Crippen LogP contribution in [0.25, 0.3) is 0 Å². The molecule has 1 saturated heterocycles. The highest BCUT2D eigenvalue weighted by Gasteiger charge is 2.27. The number of rotatable bonds is 4. The molecule has 1 unspecified atom stereocenters. The van der Waals surface area contributed by atoms with E-state index in [1.165, 1.54) is 12.1 Å². The molecule has 6 heteroatoms. The SMILES string of the molecule is CC(C)(CNC(=O)C1CCNC1)c1ccc(F)cc1Cl.Cl. The molecule has 0 aromatic heterocycles. The minimum absolute atomic E-state index is 0. The third kappa shape index (κ3) is 4.56. The van der Waals surface area contributed by atoms with Gasteiger partial charge in [0.1, 0.15) is 5.82 Å². The van der Waals surface area contributed by atoms with E-state index in [-0.39, 0.29) is 35.5 Å². The third-order valence-electron chi connectivity index (χ3n) is 3.80. The highest BCUT2D eigenvalue weighted by molar-refractivity contribution is 6.31. The summed E-state index contributed by atoms with van der Waals surface area (Å²) >= 11 is 6.09. The van der Waals surface area contributed by atoms with Crippen molar-refractivity contribution in [2.75, 3.05) is 19.6 Å². The van der Waals surface area contributed by atoms with Crippen molar-refractivity contribution in [3.63, 3.8) is 0 Å². The van der Waals surface area contributed by atoms with E-state index in [2.05, 4.69) is 10.6 Å². The van der Waals surface area contributed by atoms with Gasteiger partial charge in [0.05, 0.1) is 5.92 Å². The van der Waals surface area contributed by atoms with Gasteiger partial charge in [-0.2, -0.15) is 0 Å². The summed E-state index contributed by atoms with van der Waals surface area (Å²) in [6.45, 7) is 6.08. The Bertz CT molecular complexity index is 502. The molecular weight excluding hydrogens is 314 g/mol. The minimum Gasteiger partial charge on any atom is -0.355 e. The second-order valence-electron chi connectivity index (χ2n) is 5.92. The summed E-state index contributed by atoms with van der Waals surface area (Å²) in [6, 6.07) is 4.38. The standard InChI is InChI=1S/C15H20ClFN2O.ClH/c1-15(2,12-4-3-11(17)7-13(12)16)9-19-14(20)10-5-6-18-8-10;/h3-4,7,10,18H,5-6,8-9H2,1-2H3,(H,19,20);1H. The Kier molecular flexibility index (Phi) is 6.44. The Balaban J connectivity index is 0.00000220. The van der Waals surface area contributed by atoms with Crippen molar-refractivity contribution >= 4 is 29.9 Å². The van der Waals surface area contributed by atoms with Gasteiger partial charge in [0.15, 0.2) is 0 Å². The van der Waals surface area contributed by atoms with Crippen LogP contribution in [0.1, 0.15) is 25.8 Å². The Morgan fingerprint density at radius 2 is 2.24 bits per heavy atom. The average Bonchev–Trinajstić information content (AvgIpc) is 2.89. The number of hydrogen-bond acceptors (Lipinski definition) is 2. The number of carbonyl (C=O) groups is 1. The fourth-order valence-corrected chi connectivity index (χ4v) is 2.89. The van der Waals surface area contributed by atoms with Gasteiger partial charge in [0.25, 0.3) is 0 Å². The van der Waals surface area contributed by atoms with Crippen molar-refractivity contribution in [1.82, 2.24) is 10.6 Å². The van der Waals surface area contributed by atoms with E-state index in [9.17, 15) is 9.18 Å². The Hall–Kier alpha value is -0.840. The molecule has 1 aliphatic rings. The van der Waals surface area contributed by atoms with Crippen molar-refractivity contribution in [1.29, 1.82) is 0 Å². The molecular formula is C15H21Cl2FN2O. The average molecular weight is 335 g/mol. The van der Waals surface area contributed by atoms with Gasteiger partial charge >= 0.3 is 0 Å². The van der Waals surface area contributed by atoms with Gasteiger partial charge in [-0.15, -0.1) is 12.4 Å². The molecule has 1 heterocycles. The maximum absolute atomic E-state index is 13.1. The first kappa shape index (κ1) is 18.2. The first-order valence-electron chi connectivity index (χ1n) is 6.84. The molecule has 1 aromatic rings. The smallest absolute Gasteiger partial charge is 0.224 e. The first-order valence-corrected chi connectivity index (χ1v) is 7.22. The van der Waals surface area contributed by atoms with Crippen molar-refractivity contribution in [3.05, 3.63) is 34.6 Å². The van der Waals surface area contributed by atoms with Gasteiger partial charge in [-0.3, -0.25) is 4.79 Å². The molecule has 1 aromatic carbocycles. The first-order chi connectivity index (χ1) is 9.40. The summed E-state index contributed by atoms with van der Waals surface area (Å²) in [5, 5.41) is 6.54. The molecule has 0 bridgehead atoms. The number of amides is 1. The molecule has 0 radical (unpaired) electrons. The fraction of sp³-hybridized carbons (Fsp3) is 0.533. The molecule has 0 spiro atoms. The predicted molar refractivity (Wildman–Crippen MR) is 85.7 cm³/mol. The highest BCUT2D eigenvalue weighted by Crippen LogP contribution is 2.30. The molecule has 2 N–H and O–H groups in total. The van der Waals surface area contributed by atoms with Crippen LogP contribution in [0.15, 0.2) is 18.2 Å². The second-order valence-corrected chi connectivity index (χ2v) is 6.32. The zero-order valence-corrected chi connectivity index (χ0v) is 13.8. The van der Waals surface area contributed by atoms with Crippen molar-refractivity contribution in [2.24, 2.45) is 5.92 Å². The van der Waals surface area contributed by atoms with Gasteiger partial charge in [0.2, 0.25) is 5.91 Å². The van der Waals surface area contributed by atoms with Crippen LogP contribution in [-0.4, -0.2) is 25.5 Å². The largest absolute Gasteiger partial charge is 0.355 e. The molecule has 1 fully saturated rings. The van der Waals surface area contributed by atoms with E-state index in [0.29, 0.717) is 11.6 Å². The fourth-order valence-electron chi connectivity index (χ4n) is 2.46. The molecule has 118 valence electrons. The van der Waals surface area contributed by atoms with E-state index < -0.39 is 0 Å². The predicted octanol–water partition coefficient (Wildman–Crippen LogP) is 2.90. The molecule has 3 nitrogen and oxygen atoms in total. The van der Waals surface area contributed by atoms with Crippen molar-refractivity contribution in [2.45, 2.75) is 25.7 Å². The zero-order valence-electron chi connectivity index (χ0n) is 12.2. The lowest BCUT2D eigenvalue weighted by Crippen LogP contribution is -2.40. The van der Waals surface area contributed by atoms with Crippen LogP contribution < -0.4 is 10.6 Å². The number of carbonyl (C=O) groups excluding carboxylic acids is 1. The van der Waals surface area contributed by atoms with Gasteiger partial charge < -0.3 is 10.6 Å². The van der Waals surface area contributed by atoms with E-state index in [1.54, 1.807) is 6.07 Å². The van der Waals surface area contributed by atoms with E-state index in [4.69, 9.17) is 11.6 Å². The number of nitrogens with one attached hydrogen (secondary N) is 2. The molecule has 21 heavy (non-hydrogen) atoms. The minimum atomic E-state index is -0.351. The van der Waals surface area contributed by atoms with E-state index in [0.717, 1.165) is 25.1 Å². The van der Waals surface area contributed by atoms with Gasteiger partial charge in [-0.1, -0.05) is 31.5 Å². The maximum atomic E-state index is 13.1. The monoisotopic (exact) mass is 334 g/mol. The second kappa shape index (κ2) is 7.43. The Labute approximate surface area is 136 Å². The lowest BCUT2D eigenvalue weighted by atomic mass is 9.84. The van der Waals surface area contributed by atoms with Gasteiger partial charge in [-0.05, 0) is 30.7 Å². The maximum Gasteiger partial charge on any atom is 0.224 e. The van der Waals surface area contributed by atoms with Gasteiger partial charge in [-0.25, -0.2) is 4.39 Å². The summed E-state index contributed by atoms with van der Waals surface area (Å²) in [5.41, 5.74) is 0.498. The summed E-state index contributed by atoms with van der Waals surface area (Å²) in [7, 11) is 0. The third-order valence-corrected chi connectivity index (χ3v) is 4.11. The molecule has 0 aliphatic carbocycles. The molecule has 0 saturated carbocycles. The van der Waals surface area contributed by atoms with Gasteiger partial charge in [0, 0.05) is 23.5 Å². The Morgan fingerprint density at radius 1 is 1.52 bits per heavy atom. The Morgan fingerprint density at radius 3 is 2.81 bits per heavy atom. The topological polar surface area (TPSA) is 41.1 Å². The van der Waals surface area contributed by atoms with Crippen molar-refractivity contribution < 1.29 is 9.18 Å². The van der Waals surface area contributed by atoms with Crippen LogP contribution in [0.4, 0.5) is 4.39 Å². The number of benzene rings is 1. The zero-order chi connectivity index (χ0) is 14.8. The van der Waals surface area contributed by atoms with E-state index >= 15 is 0 Å². The van der Waals surface area contributed by atoms with E-state index in [1.807, 2.05) is 13.8 Å².